The van der Waals surface area contributed by atoms with Gasteiger partial charge in [-0.15, -0.1) is 0 Å². The maximum atomic E-state index is 10.7. The number of rotatable bonds is 1. The Labute approximate surface area is 80.6 Å². The highest BCUT2D eigenvalue weighted by atomic mass is 16.5. The second-order valence-corrected chi connectivity index (χ2v) is 2.84. The standard InChI is InChI=1S/C10H8N2O2/c1-7(13)14-9-2-3-10-8(4-9)5-11-6-12-10/h2-6H,1H3. The summed E-state index contributed by atoms with van der Waals surface area (Å²) in [6.07, 6.45) is 3.16. The van der Waals surface area contributed by atoms with E-state index in [0.717, 1.165) is 10.9 Å². The van der Waals surface area contributed by atoms with Crippen molar-refractivity contribution < 1.29 is 9.53 Å². The van der Waals surface area contributed by atoms with E-state index in [4.69, 9.17) is 4.74 Å². The molecular weight excluding hydrogens is 180 g/mol. The summed E-state index contributed by atoms with van der Waals surface area (Å²) >= 11 is 0. The summed E-state index contributed by atoms with van der Waals surface area (Å²) < 4.78 is 4.93. The number of aromatic nitrogens is 2. The largest absolute Gasteiger partial charge is 0.427 e. The van der Waals surface area contributed by atoms with Gasteiger partial charge < -0.3 is 4.74 Å². The van der Waals surface area contributed by atoms with Crippen LogP contribution in [0.25, 0.3) is 10.9 Å². The van der Waals surface area contributed by atoms with Gasteiger partial charge in [-0.2, -0.15) is 0 Å². The lowest BCUT2D eigenvalue weighted by Gasteiger charge is -2.01. The van der Waals surface area contributed by atoms with E-state index in [-0.39, 0.29) is 5.97 Å². The highest BCUT2D eigenvalue weighted by Gasteiger charge is 2.00. The first kappa shape index (κ1) is 8.62. The molecule has 14 heavy (non-hydrogen) atoms. The number of esters is 1. The predicted octanol–water partition coefficient (Wildman–Crippen LogP) is 1.56. The van der Waals surface area contributed by atoms with Crippen molar-refractivity contribution >= 4 is 16.9 Å². The molecule has 0 amide bonds. The number of carbonyl (C=O) groups excluding carboxylic acids is 1. The van der Waals surface area contributed by atoms with Crippen molar-refractivity contribution in [3.8, 4) is 5.75 Å². The summed E-state index contributed by atoms with van der Waals surface area (Å²) in [5, 5.41) is 0.853. The fourth-order valence-corrected chi connectivity index (χ4v) is 1.19. The van der Waals surface area contributed by atoms with E-state index < -0.39 is 0 Å². The molecule has 0 radical (unpaired) electrons. The molecule has 0 saturated carbocycles. The number of hydrogen-bond acceptors (Lipinski definition) is 4. The van der Waals surface area contributed by atoms with Gasteiger partial charge in [0.25, 0.3) is 0 Å². The summed E-state index contributed by atoms with van der Waals surface area (Å²) in [6.45, 7) is 1.37. The summed E-state index contributed by atoms with van der Waals surface area (Å²) in [5.74, 6) is 0.181. The van der Waals surface area contributed by atoms with Gasteiger partial charge in [-0.1, -0.05) is 0 Å². The fraction of sp³-hybridized carbons (Fsp3) is 0.100. The zero-order valence-corrected chi connectivity index (χ0v) is 7.60. The predicted molar refractivity (Wildman–Crippen MR) is 50.8 cm³/mol. The Morgan fingerprint density at radius 1 is 1.43 bits per heavy atom. The Morgan fingerprint density at radius 3 is 3.07 bits per heavy atom. The molecule has 0 N–H and O–H groups in total. The van der Waals surface area contributed by atoms with Gasteiger partial charge in [0, 0.05) is 18.5 Å². The van der Waals surface area contributed by atoms with E-state index in [1.165, 1.54) is 13.3 Å². The normalized spacial score (nSPS) is 10.1. The van der Waals surface area contributed by atoms with Crippen LogP contribution in [0.1, 0.15) is 6.92 Å². The minimum Gasteiger partial charge on any atom is -0.427 e. The van der Waals surface area contributed by atoms with Gasteiger partial charge in [0.1, 0.15) is 12.1 Å². The van der Waals surface area contributed by atoms with E-state index in [0.29, 0.717) is 5.75 Å². The van der Waals surface area contributed by atoms with Crippen molar-refractivity contribution in [3.63, 3.8) is 0 Å². The van der Waals surface area contributed by atoms with E-state index in [2.05, 4.69) is 9.97 Å². The molecule has 0 unspecified atom stereocenters. The Balaban J connectivity index is 2.46. The minimum absolute atomic E-state index is 0.332. The molecular formula is C10H8N2O2. The quantitative estimate of drug-likeness (QED) is 0.503. The molecule has 70 valence electrons. The number of hydrogen-bond donors (Lipinski definition) is 0. The summed E-state index contributed by atoms with van der Waals surface area (Å²) in [7, 11) is 0. The lowest BCUT2D eigenvalue weighted by Crippen LogP contribution is -2.01. The summed E-state index contributed by atoms with van der Waals surface area (Å²) in [4.78, 5) is 18.6. The minimum atomic E-state index is -0.332. The van der Waals surface area contributed by atoms with E-state index in [1.54, 1.807) is 24.4 Å². The van der Waals surface area contributed by atoms with E-state index in [9.17, 15) is 4.79 Å². The molecule has 2 aromatic rings. The van der Waals surface area contributed by atoms with Crippen LogP contribution in [0.15, 0.2) is 30.7 Å². The van der Waals surface area contributed by atoms with Crippen molar-refractivity contribution in [1.29, 1.82) is 0 Å². The van der Waals surface area contributed by atoms with Crippen molar-refractivity contribution in [3.05, 3.63) is 30.7 Å². The first-order chi connectivity index (χ1) is 6.75. The van der Waals surface area contributed by atoms with Gasteiger partial charge in [-0.3, -0.25) is 4.79 Å². The van der Waals surface area contributed by atoms with Crippen molar-refractivity contribution in [2.75, 3.05) is 0 Å². The molecule has 0 aliphatic heterocycles. The van der Waals surface area contributed by atoms with E-state index >= 15 is 0 Å². The molecule has 4 nitrogen and oxygen atoms in total. The van der Waals surface area contributed by atoms with Crippen LogP contribution in [-0.4, -0.2) is 15.9 Å². The average Bonchev–Trinajstić information content (AvgIpc) is 2.17. The van der Waals surface area contributed by atoms with Crippen LogP contribution >= 0.6 is 0 Å². The van der Waals surface area contributed by atoms with Crippen LogP contribution in [0.4, 0.5) is 0 Å². The number of nitrogens with zero attached hydrogens (tertiary/aromatic N) is 2. The zero-order valence-electron chi connectivity index (χ0n) is 7.60. The highest BCUT2D eigenvalue weighted by molar-refractivity contribution is 5.80. The fourth-order valence-electron chi connectivity index (χ4n) is 1.19. The molecule has 0 saturated heterocycles. The zero-order chi connectivity index (χ0) is 9.97. The Kier molecular flexibility index (Phi) is 2.10. The van der Waals surface area contributed by atoms with Gasteiger partial charge in [0.2, 0.25) is 0 Å². The monoisotopic (exact) mass is 188 g/mol. The van der Waals surface area contributed by atoms with Gasteiger partial charge >= 0.3 is 5.97 Å². The number of ether oxygens (including phenoxy) is 1. The van der Waals surface area contributed by atoms with Crippen molar-refractivity contribution in [1.82, 2.24) is 9.97 Å². The smallest absolute Gasteiger partial charge is 0.308 e. The van der Waals surface area contributed by atoms with Gasteiger partial charge in [0.15, 0.2) is 0 Å². The third kappa shape index (κ3) is 1.69. The van der Waals surface area contributed by atoms with Gasteiger partial charge in [-0.25, -0.2) is 9.97 Å². The maximum Gasteiger partial charge on any atom is 0.308 e. The number of fused-ring (bicyclic) bond motifs is 1. The molecule has 0 bridgehead atoms. The van der Waals surface area contributed by atoms with Crippen LogP contribution < -0.4 is 4.74 Å². The topological polar surface area (TPSA) is 52.1 Å². The van der Waals surface area contributed by atoms with Crippen LogP contribution in [-0.2, 0) is 4.79 Å². The molecule has 0 spiro atoms. The molecule has 1 aromatic carbocycles. The second-order valence-electron chi connectivity index (χ2n) is 2.84. The Hall–Kier alpha value is -1.97. The Morgan fingerprint density at radius 2 is 2.29 bits per heavy atom. The van der Waals surface area contributed by atoms with E-state index in [1.807, 2.05) is 0 Å². The van der Waals surface area contributed by atoms with Gasteiger partial charge in [-0.05, 0) is 18.2 Å². The van der Waals surface area contributed by atoms with Gasteiger partial charge in [0.05, 0.1) is 5.52 Å². The Bertz CT molecular complexity index is 482. The first-order valence-electron chi connectivity index (χ1n) is 4.14. The lowest BCUT2D eigenvalue weighted by molar-refractivity contribution is -0.131. The molecule has 0 atom stereocenters. The molecule has 1 aromatic heterocycles. The summed E-state index contributed by atoms with van der Waals surface area (Å²) in [6, 6.07) is 5.22. The van der Waals surface area contributed by atoms with Crippen molar-refractivity contribution in [2.45, 2.75) is 6.92 Å². The van der Waals surface area contributed by atoms with Crippen LogP contribution in [0.5, 0.6) is 5.75 Å². The molecule has 2 rings (SSSR count). The highest BCUT2D eigenvalue weighted by Crippen LogP contribution is 2.17. The molecule has 4 heteroatoms. The average molecular weight is 188 g/mol. The number of carbonyl (C=O) groups is 1. The molecule has 1 heterocycles. The van der Waals surface area contributed by atoms with Crippen LogP contribution in [0.3, 0.4) is 0 Å². The summed E-state index contributed by atoms with van der Waals surface area (Å²) in [5.41, 5.74) is 0.830. The molecule has 0 fully saturated rings. The third-order valence-corrected chi connectivity index (χ3v) is 1.74. The maximum absolute atomic E-state index is 10.7. The molecule has 0 aliphatic rings. The lowest BCUT2D eigenvalue weighted by atomic mass is 10.2. The molecule has 0 aliphatic carbocycles. The second kappa shape index (κ2) is 3.41. The number of benzene rings is 1. The SMILES string of the molecule is CC(=O)Oc1ccc2ncncc2c1. The van der Waals surface area contributed by atoms with Crippen molar-refractivity contribution in [2.24, 2.45) is 0 Å². The van der Waals surface area contributed by atoms with Crippen LogP contribution in [0, 0.1) is 0 Å². The third-order valence-electron chi connectivity index (χ3n) is 1.74. The van der Waals surface area contributed by atoms with Crippen LogP contribution in [0.2, 0.25) is 0 Å². The first-order valence-corrected chi connectivity index (χ1v) is 4.14.